The van der Waals surface area contributed by atoms with E-state index in [1.165, 1.54) is 11.3 Å². The molecule has 0 fully saturated rings. The standard InChI is InChI=1S/C19H17N5O2S/c1-11-12(2)27-19-16(11)18(26)22-17(23-19)13-4-3-5-14(8-13)21-15(25)9-24-7-6-20-10-24/h3-8,10H,9H2,1-2H3,(H,21,25)(H,22,23,26). The number of hydrogen-bond donors (Lipinski definition) is 2. The third-order valence-electron chi connectivity index (χ3n) is 4.34. The molecular formula is C19H17N5O2S. The fourth-order valence-corrected chi connectivity index (χ4v) is 3.91. The maximum atomic E-state index is 12.5. The molecule has 4 rings (SSSR count). The first-order chi connectivity index (χ1) is 13.0. The van der Waals surface area contributed by atoms with Crippen molar-refractivity contribution in [2.24, 2.45) is 0 Å². The molecule has 27 heavy (non-hydrogen) atoms. The lowest BCUT2D eigenvalue weighted by Gasteiger charge is -2.08. The summed E-state index contributed by atoms with van der Waals surface area (Å²) in [6.07, 6.45) is 4.94. The monoisotopic (exact) mass is 379 g/mol. The Bertz CT molecular complexity index is 1190. The molecule has 1 aromatic carbocycles. The molecule has 0 unspecified atom stereocenters. The Morgan fingerprint density at radius 3 is 2.96 bits per heavy atom. The Kier molecular flexibility index (Phi) is 4.33. The molecule has 0 saturated carbocycles. The van der Waals surface area contributed by atoms with Crippen molar-refractivity contribution >= 4 is 33.1 Å². The molecule has 0 bridgehead atoms. The molecular weight excluding hydrogens is 362 g/mol. The lowest BCUT2D eigenvalue weighted by Crippen LogP contribution is -2.17. The van der Waals surface area contributed by atoms with E-state index in [9.17, 15) is 9.59 Å². The van der Waals surface area contributed by atoms with Gasteiger partial charge in [0.15, 0.2) is 0 Å². The first kappa shape index (κ1) is 17.2. The molecule has 3 aromatic heterocycles. The molecule has 0 spiro atoms. The van der Waals surface area contributed by atoms with Crippen LogP contribution in [0.5, 0.6) is 0 Å². The fraction of sp³-hybridized carbons (Fsp3) is 0.158. The zero-order valence-electron chi connectivity index (χ0n) is 14.8. The highest BCUT2D eigenvalue weighted by Crippen LogP contribution is 2.28. The summed E-state index contributed by atoms with van der Waals surface area (Å²) in [6, 6.07) is 7.26. The highest BCUT2D eigenvalue weighted by molar-refractivity contribution is 7.18. The van der Waals surface area contributed by atoms with Crippen LogP contribution in [0.4, 0.5) is 5.69 Å². The molecule has 0 aliphatic rings. The maximum Gasteiger partial charge on any atom is 0.260 e. The number of aryl methyl sites for hydroxylation is 2. The Balaban J connectivity index is 1.63. The van der Waals surface area contributed by atoms with Crippen LogP contribution in [0.3, 0.4) is 0 Å². The number of nitrogens with zero attached hydrogens (tertiary/aromatic N) is 3. The molecule has 4 aromatic rings. The molecule has 136 valence electrons. The molecule has 2 N–H and O–H groups in total. The highest BCUT2D eigenvalue weighted by Gasteiger charge is 2.13. The smallest absolute Gasteiger partial charge is 0.260 e. The number of rotatable bonds is 4. The first-order valence-electron chi connectivity index (χ1n) is 8.37. The number of aromatic amines is 1. The van der Waals surface area contributed by atoms with Crippen molar-refractivity contribution < 1.29 is 4.79 Å². The third-order valence-corrected chi connectivity index (χ3v) is 5.45. The van der Waals surface area contributed by atoms with Crippen LogP contribution in [-0.4, -0.2) is 25.4 Å². The van der Waals surface area contributed by atoms with E-state index in [-0.39, 0.29) is 18.0 Å². The van der Waals surface area contributed by atoms with Gasteiger partial charge in [-0.05, 0) is 31.5 Å². The second kappa shape index (κ2) is 6.81. The average molecular weight is 379 g/mol. The number of aromatic nitrogens is 4. The minimum atomic E-state index is -0.161. The van der Waals surface area contributed by atoms with Crippen LogP contribution < -0.4 is 10.9 Å². The quantitative estimate of drug-likeness (QED) is 0.570. The molecule has 7 nitrogen and oxygen atoms in total. The van der Waals surface area contributed by atoms with Gasteiger partial charge in [-0.3, -0.25) is 9.59 Å². The van der Waals surface area contributed by atoms with E-state index in [2.05, 4.69) is 20.3 Å². The number of nitrogens with one attached hydrogen (secondary N) is 2. The highest BCUT2D eigenvalue weighted by atomic mass is 32.1. The SMILES string of the molecule is Cc1sc2nc(-c3cccc(NC(=O)Cn4ccnc4)c3)[nH]c(=O)c2c1C. The van der Waals surface area contributed by atoms with Gasteiger partial charge < -0.3 is 14.9 Å². The number of amides is 1. The van der Waals surface area contributed by atoms with Crippen LogP contribution in [0.1, 0.15) is 10.4 Å². The van der Waals surface area contributed by atoms with E-state index in [0.29, 0.717) is 16.9 Å². The number of fused-ring (bicyclic) bond motifs is 1. The van der Waals surface area contributed by atoms with Crippen LogP contribution in [0.15, 0.2) is 47.8 Å². The summed E-state index contributed by atoms with van der Waals surface area (Å²) in [4.78, 5) is 37.8. The maximum absolute atomic E-state index is 12.5. The minimum absolute atomic E-state index is 0.147. The van der Waals surface area contributed by atoms with Gasteiger partial charge in [0.2, 0.25) is 5.91 Å². The largest absolute Gasteiger partial charge is 0.328 e. The van der Waals surface area contributed by atoms with Crippen LogP contribution in [0.25, 0.3) is 21.6 Å². The molecule has 0 atom stereocenters. The summed E-state index contributed by atoms with van der Waals surface area (Å²) in [5.74, 6) is 0.325. The van der Waals surface area contributed by atoms with Crippen molar-refractivity contribution in [3.63, 3.8) is 0 Å². The Morgan fingerprint density at radius 2 is 2.19 bits per heavy atom. The van der Waals surface area contributed by atoms with Gasteiger partial charge in [-0.15, -0.1) is 11.3 Å². The zero-order chi connectivity index (χ0) is 19.0. The lowest BCUT2D eigenvalue weighted by molar-refractivity contribution is -0.116. The van der Waals surface area contributed by atoms with Crippen molar-refractivity contribution in [1.29, 1.82) is 0 Å². The van der Waals surface area contributed by atoms with E-state index in [1.807, 2.05) is 26.0 Å². The fourth-order valence-electron chi connectivity index (χ4n) is 2.88. The zero-order valence-corrected chi connectivity index (χ0v) is 15.6. The topological polar surface area (TPSA) is 92.7 Å². The van der Waals surface area contributed by atoms with E-state index < -0.39 is 0 Å². The summed E-state index contributed by atoms with van der Waals surface area (Å²) >= 11 is 1.51. The van der Waals surface area contributed by atoms with Crippen LogP contribution in [0, 0.1) is 13.8 Å². The number of thiophene rings is 1. The summed E-state index contributed by atoms with van der Waals surface area (Å²) in [5, 5.41) is 3.50. The number of benzene rings is 1. The molecule has 0 saturated heterocycles. The van der Waals surface area contributed by atoms with Gasteiger partial charge in [-0.25, -0.2) is 9.97 Å². The van der Waals surface area contributed by atoms with Gasteiger partial charge in [-0.2, -0.15) is 0 Å². The number of carbonyl (C=O) groups excluding carboxylic acids is 1. The molecule has 3 heterocycles. The van der Waals surface area contributed by atoms with Gasteiger partial charge in [0.25, 0.3) is 5.56 Å². The number of imidazole rings is 1. The second-order valence-electron chi connectivity index (χ2n) is 6.24. The number of H-pyrrole nitrogens is 1. The molecule has 8 heteroatoms. The number of hydrogen-bond acceptors (Lipinski definition) is 5. The predicted molar refractivity (Wildman–Crippen MR) is 106 cm³/mol. The van der Waals surface area contributed by atoms with Crippen molar-refractivity contribution in [2.75, 3.05) is 5.32 Å². The van der Waals surface area contributed by atoms with Crippen LogP contribution in [0.2, 0.25) is 0 Å². The summed E-state index contributed by atoms with van der Waals surface area (Å²) in [5.41, 5.74) is 2.19. The lowest BCUT2D eigenvalue weighted by atomic mass is 10.1. The summed E-state index contributed by atoms with van der Waals surface area (Å²) in [7, 11) is 0. The number of carbonyl (C=O) groups is 1. The van der Waals surface area contributed by atoms with Crippen LogP contribution in [-0.2, 0) is 11.3 Å². The first-order valence-corrected chi connectivity index (χ1v) is 9.19. The van der Waals surface area contributed by atoms with E-state index in [0.717, 1.165) is 20.8 Å². The van der Waals surface area contributed by atoms with Gasteiger partial charge in [0.05, 0.1) is 11.7 Å². The summed E-state index contributed by atoms with van der Waals surface area (Å²) < 4.78 is 1.69. The summed E-state index contributed by atoms with van der Waals surface area (Å²) in [6.45, 7) is 4.09. The average Bonchev–Trinajstić information content (AvgIpc) is 3.23. The minimum Gasteiger partial charge on any atom is -0.328 e. The molecule has 1 amide bonds. The van der Waals surface area contributed by atoms with Crippen molar-refractivity contribution in [3.05, 3.63) is 63.8 Å². The number of anilines is 1. The van der Waals surface area contributed by atoms with Crippen molar-refractivity contribution in [1.82, 2.24) is 19.5 Å². The van der Waals surface area contributed by atoms with E-state index in [1.54, 1.807) is 35.4 Å². The van der Waals surface area contributed by atoms with E-state index >= 15 is 0 Å². The van der Waals surface area contributed by atoms with Crippen molar-refractivity contribution in [2.45, 2.75) is 20.4 Å². The van der Waals surface area contributed by atoms with Gasteiger partial charge >= 0.3 is 0 Å². The van der Waals surface area contributed by atoms with Crippen LogP contribution >= 0.6 is 11.3 Å². The normalized spacial score (nSPS) is 11.0. The van der Waals surface area contributed by atoms with Gasteiger partial charge in [-0.1, -0.05) is 12.1 Å². The molecule has 0 aliphatic heterocycles. The predicted octanol–water partition coefficient (Wildman–Crippen LogP) is 3.10. The Labute approximate surface area is 158 Å². The molecule has 0 aliphatic carbocycles. The molecule has 0 radical (unpaired) electrons. The van der Waals surface area contributed by atoms with Gasteiger partial charge in [0, 0.05) is 28.5 Å². The van der Waals surface area contributed by atoms with E-state index in [4.69, 9.17) is 0 Å². The van der Waals surface area contributed by atoms with Gasteiger partial charge in [0.1, 0.15) is 17.2 Å². The van der Waals surface area contributed by atoms with Crippen molar-refractivity contribution in [3.8, 4) is 11.4 Å². The Hall–Kier alpha value is -3.26. The third kappa shape index (κ3) is 3.39. The Morgan fingerprint density at radius 1 is 1.33 bits per heavy atom. The second-order valence-corrected chi connectivity index (χ2v) is 7.45.